The number of aromatic carboxylic acids is 1. The number of ether oxygens (including phenoxy) is 1. The first kappa shape index (κ1) is 15.2. The molecule has 0 atom stereocenters. The Kier molecular flexibility index (Phi) is 4.34. The van der Waals surface area contributed by atoms with E-state index in [9.17, 15) is 9.18 Å². The molecule has 6 heteroatoms. The number of carboxylic acid groups (broad SMARTS) is 1. The van der Waals surface area contributed by atoms with Gasteiger partial charge in [0, 0.05) is 10.9 Å². The van der Waals surface area contributed by atoms with Gasteiger partial charge in [0.1, 0.15) is 23.2 Å². The first-order valence-electron chi connectivity index (χ1n) is 6.78. The predicted octanol–water partition coefficient (Wildman–Crippen LogP) is 4.23. The van der Waals surface area contributed by atoms with Gasteiger partial charge in [-0.1, -0.05) is 6.07 Å². The third-order valence-electron chi connectivity index (χ3n) is 3.14. The molecule has 1 aromatic heterocycles. The molecule has 0 radical (unpaired) electrons. The van der Waals surface area contributed by atoms with E-state index >= 15 is 0 Å². The van der Waals surface area contributed by atoms with E-state index < -0.39 is 5.97 Å². The molecule has 1 N–H and O–H groups in total. The van der Waals surface area contributed by atoms with Crippen LogP contribution in [0.2, 0.25) is 0 Å². The highest BCUT2D eigenvalue weighted by Crippen LogP contribution is 2.23. The Hall–Kier alpha value is -2.73. The Bertz CT molecular complexity index is 830. The Morgan fingerprint density at radius 3 is 2.74 bits per heavy atom. The van der Waals surface area contributed by atoms with Crippen LogP contribution >= 0.6 is 11.3 Å². The molecule has 0 aliphatic carbocycles. The Morgan fingerprint density at radius 1 is 1.22 bits per heavy atom. The maximum absolute atomic E-state index is 12.9. The van der Waals surface area contributed by atoms with Crippen LogP contribution in [0.3, 0.4) is 0 Å². The lowest BCUT2D eigenvalue weighted by Crippen LogP contribution is -1.99. The number of hydrogen-bond donors (Lipinski definition) is 1. The van der Waals surface area contributed by atoms with Crippen LogP contribution in [0.5, 0.6) is 5.75 Å². The van der Waals surface area contributed by atoms with Gasteiger partial charge >= 0.3 is 5.97 Å². The zero-order valence-corrected chi connectivity index (χ0v) is 12.7. The summed E-state index contributed by atoms with van der Waals surface area (Å²) < 4.78 is 18.5. The van der Waals surface area contributed by atoms with Crippen molar-refractivity contribution in [3.8, 4) is 17.0 Å². The molecule has 0 saturated heterocycles. The van der Waals surface area contributed by atoms with Gasteiger partial charge in [-0.3, -0.25) is 0 Å². The molecule has 0 unspecified atom stereocenters. The summed E-state index contributed by atoms with van der Waals surface area (Å²) in [5, 5.41) is 11.6. The quantitative estimate of drug-likeness (QED) is 0.761. The molecule has 23 heavy (non-hydrogen) atoms. The fraction of sp³-hybridized carbons (Fsp3) is 0.0588. The van der Waals surface area contributed by atoms with Crippen molar-refractivity contribution >= 4 is 17.3 Å². The molecule has 0 amide bonds. The normalized spacial score (nSPS) is 10.5. The number of thiazole rings is 1. The second-order valence-corrected chi connectivity index (χ2v) is 5.70. The molecule has 3 rings (SSSR count). The summed E-state index contributed by atoms with van der Waals surface area (Å²) in [7, 11) is 0. The van der Waals surface area contributed by atoms with Crippen molar-refractivity contribution in [2.45, 2.75) is 6.61 Å². The van der Waals surface area contributed by atoms with Crippen molar-refractivity contribution in [2.75, 3.05) is 0 Å². The van der Waals surface area contributed by atoms with Crippen molar-refractivity contribution in [1.82, 2.24) is 4.98 Å². The van der Waals surface area contributed by atoms with Crippen molar-refractivity contribution in [3.05, 3.63) is 70.3 Å². The second-order valence-electron chi connectivity index (χ2n) is 4.76. The van der Waals surface area contributed by atoms with E-state index in [4.69, 9.17) is 9.84 Å². The fourth-order valence-corrected chi connectivity index (χ4v) is 2.71. The fourth-order valence-electron chi connectivity index (χ4n) is 1.99. The van der Waals surface area contributed by atoms with Gasteiger partial charge in [0.15, 0.2) is 0 Å². The number of carboxylic acids is 1. The van der Waals surface area contributed by atoms with Crippen LogP contribution in [0.1, 0.15) is 15.4 Å². The highest BCUT2D eigenvalue weighted by Gasteiger charge is 2.07. The zero-order valence-electron chi connectivity index (χ0n) is 11.9. The SMILES string of the molecule is O=C(O)c1cccc(OCc2nc(-c3ccc(F)cc3)cs2)c1. The standard InChI is InChI=1S/C17H12FNO3S/c18-13-6-4-11(5-7-13)15-10-23-16(19-15)9-22-14-3-1-2-12(8-14)17(20)21/h1-8,10H,9H2,(H,20,21). The van der Waals surface area contributed by atoms with Crippen LogP contribution in [0.15, 0.2) is 53.9 Å². The third-order valence-corrected chi connectivity index (χ3v) is 3.96. The average molecular weight is 329 g/mol. The summed E-state index contributed by atoms with van der Waals surface area (Å²) in [5.74, 6) is -0.808. The topological polar surface area (TPSA) is 59.4 Å². The average Bonchev–Trinajstić information content (AvgIpc) is 3.03. The molecule has 116 valence electrons. The van der Waals surface area contributed by atoms with E-state index in [1.165, 1.54) is 35.6 Å². The van der Waals surface area contributed by atoms with Gasteiger partial charge in [0.2, 0.25) is 0 Å². The van der Waals surface area contributed by atoms with Crippen molar-refractivity contribution in [2.24, 2.45) is 0 Å². The molecule has 0 saturated carbocycles. The minimum absolute atomic E-state index is 0.175. The molecule has 1 heterocycles. The van der Waals surface area contributed by atoms with Crippen molar-refractivity contribution < 1.29 is 19.0 Å². The van der Waals surface area contributed by atoms with Crippen molar-refractivity contribution in [3.63, 3.8) is 0 Å². The molecule has 4 nitrogen and oxygen atoms in total. The number of benzene rings is 2. The van der Waals surface area contributed by atoms with E-state index in [1.807, 2.05) is 5.38 Å². The lowest BCUT2D eigenvalue weighted by atomic mass is 10.2. The molecule has 0 bridgehead atoms. The van der Waals surface area contributed by atoms with Gasteiger partial charge in [-0.15, -0.1) is 11.3 Å². The van der Waals surface area contributed by atoms with Gasteiger partial charge in [0.05, 0.1) is 11.3 Å². The number of carbonyl (C=O) groups is 1. The summed E-state index contributed by atoms with van der Waals surface area (Å²) in [6.45, 7) is 0.245. The van der Waals surface area contributed by atoms with Gasteiger partial charge in [-0.2, -0.15) is 0 Å². The molecule has 3 aromatic rings. The van der Waals surface area contributed by atoms with Gasteiger partial charge in [0.25, 0.3) is 0 Å². The Balaban J connectivity index is 1.69. The Morgan fingerprint density at radius 2 is 2.00 bits per heavy atom. The highest BCUT2D eigenvalue weighted by molar-refractivity contribution is 7.09. The predicted molar refractivity (Wildman–Crippen MR) is 85.2 cm³/mol. The van der Waals surface area contributed by atoms with Crippen LogP contribution in [0.4, 0.5) is 4.39 Å². The van der Waals surface area contributed by atoms with Crippen LogP contribution < -0.4 is 4.74 Å². The van der Waals surface area contributed by atoms with E-state index in [0.29, 0.717) is 5.75 Å². The largest absolute Gasteiger partial charge is 0.486 e. The minimum Gasteiger partial charge on any atom is -0.486 e. The number of nitrogens with zero attached hydrogens (tertiary/aromatic N) is 1. The second kappa shape index (κ2) is 6.58. The van der Waals surface area contributed by atoms with E-state index in [-0.39, 0.29) is 18.0 Å². The first-order valence-corrected chi connectivity index (χ1v) is 7.66. The van der Waals surface area contributed by atoms with E-state index in [2.05, 4.69) is 4.98 Å². The monoisotopic (exact) mass is 329 g/mol. The third kappa shape index (κ3) is 3.73. The maximum Gasteiger partial charge on any atom is 0.335 e. The molecular weight excluding hydrogens is 317 g/mol. The number of halogens is 1. The summed E-state index contributed by atoms with van der Waals surface area (Å²) >= 11 is 1.43. The molecule has 0 aliphatic rings. The summed E-state index contributed by atoms with van der Waals surface area (Å²) in [6.07, 6.45) is 0. The minimum atomic E-state index is -0.997. The van der Waals surface area contributed by atoms with Gasteiger partial charge in [-0.25, -0.2) is 14.2 Å². The van der Waals surface area contributed by atoms with Crippen LogP contribution in [-0.2, 0) is 6.61 Å². The van der Waals surface area contributed by atoms with Gasteiger partial charge < -0.3 is 9.84 Å². The molecule has 0 spiro atoms. The molecule has 0 fully saturated rings. The van der Waals surface area contributed by atoms with Crippen LogP contribution in [0.25, 0.3) is 11.3 Å². The lowest BCUT2D eigenvalue weighted by molar-refractivity contribution is 0.0696. The first-order chi connectivity index (χ1) is 11.1. The smallest absolute Gasteiger partial charge is 0.335 e. The van der Waals surface area contributed by atoms with Crippen molar-refractivity contribution in [1.29, 1.82) is 0 Å². The van der Waals surface area contributed by atoms with Crippen LogP contribution in [-0.4, -0.2) is 16.1 Å². The maximum atomic E-state index is 12.9. The molecule has 0 aliphatic heterocycles. The molecular formula is C17H12FNO3S. The van der Waals surface area contributed by atoms with E-state index in [0.717, 1.165) is 16.3 Å². The summed E-state index contributed by atoms with van der Waals surface area (Å²) in [4.78, 5) is 15.4. The number of hydrogen-bond acceptors (Lipinski definition) is 4. The number of rotatable bonds is 5. The Labute approximate surface area is 135 Å². The van der Waals surface area contributed by atoms with E-state index in [1.54, 1.807) is 24.3 Å². The molecule has 2 aromatic carbocycles. The lowest BCUT2D eigenvalue weighted by Gasteiger charge is -2.04. The number of aromatic nitrogens is 1. The van der Waals surface area contributed by atoms with Gasteiger partial charge in [-0.05, 0) is 42.5 Å². The highest BCUT2D eigenvalue weighted by atomic mass is 32.1. The van der Waals surface area contributed by atoms with Crippen LogP contribution in [0, 0.1) is 5.82 Å². The summed E-state index contributed by atoms with van der Waals surface area (Å²) in [6, 6.07) is 12.4. The summed E-state index contributed by atoms with van der Waals surface area (Å²) in [5.41, 5.74) is 1.77. The zero-order chi connectivity index (χ0) is 16.2.